The van der Waals surface area contributed by atoms with E-state index >= 15 is 0 Å². The van der Waals surface area contributed by atoms with Crippen molar-refractivity contribution in [3.63, 3.8) is 0 Å². The summed E-state index contributed by atoms with van der Waals surface area (Å²) in [6.45, 7) is 0.327. The first-order valence-corrected chi connectivity index (χ1v) is 9.66. The highest BCUT2D eigenvalue weighted by atomic mass is 79.9. The van der Waals surface area contributed by atoms with E-state index in [0.29, 0.717) is 22.5 Å². The fraction of sp³-hybridized carbons (Fsp3) is 0.214. The van der Waals surface area contributed by atoms with Crippen molar-refractivity contribution in [1.82, 2.24) is 9.71 Å². The molecule has 0 radical (unpaired) electrons. The maximum atomic E-state index is 12.2. The zero-order valence-corrected chi connectivity index (χ0v) is 15.0. The highest BCUT2D eigenvalue weighted by Gasteiger charge is 2.15. The van der Waals surface area contributed by atoms with Gasteiger partial charge in [-0.15, -0.1) is 11.8 Å². The Balaban J connectivity index is 1.92. The number of halogens is 1. The number of benzene rings is 1. The van der Waals surface area contributed by atoms with Crippen molar-refractivity contribution in [2.24, 2.45) is 0 Å². The molecule has 22 heavy (non-hydrogen) atoms. The van der Waals surface area contributed by atoms with E-state index in [1.54, 1.807) is 12.3 Å². The molecule has 1 heterocycles. The Kier molecular flexibility index (Phi) is 6.25. The third-order valence-electron chi connectivity index (χ3n) is 2.72. The smallest absolute Gasteiger partial charge is 0.240 e. The van der Waals surface area contributed by atoms with Gasteiger partial charge >= 0.3 is 0 Å². The first kappa shape index (κ1) is 17.3. The average Bonchev–Trinajstić information content (AvgIpc) is 2.52. The Labute approximate surface area is 142 Å². The molecule has 0 spiro atoms. The summed E-state index contributed by atoms with van der Waals surface area (Å²) < 4.78 is 32.7. The second kappa shape index (κ2) is 7.96. The van der Waals surface area contributed by atoms with Crippen molar-refractivity contribution >= 4 is 37.7 Å². The Morgan fingerprint density at radius 1 is 1.32 bits per heavy atom. The van der Waals surface area contributed by atoms with Gasteiger partial charge in [-0.2, -0.15) is 0 Å². The lowest BCUT2D eigenvalue weighted by atomic mass is 10.3. The minimum Gasteiger partial charge on any atom is -0.496 e. The fourth-order valence-corrected chi connectivity index (χ4v) is 4.26. The van der Waals surface area contributed by atoms with Crippen LogP contribution in [-0.2, 0) is 10.0 Å². The monoisotopic (exact) mass is 402 g/mol. The van der Waals surface area contributed by atoms with Crippen LogP contribution >= 0.6 is 27.7 Å². The maximum Gasteiger partial charge on any atom is 0.240 e. The summed E-state index contributed by atoms with van der Waals surface area (Å²) >= 11 is 4.78. The van der Waals surface area contributed by atoms with E-state index in [9.17, 15) is 8.42 Å². The lowest BCUT2D eigenvalue weighted by Crippen LogP contribution is -2.26. The van der Waals surface area contributed by atoms with Crippen LogP contribution in [0.3, 0.4) is 0 Å². The molecule has 0 atom stereocenters. The molecule has 0 bridgehead atoms. The first-order chi connectivity index (χ1) is 10.5. The van der Waals surface area contributed by atoms with E-state index in [0.717, 1.165) is 5.03 Å². The Hall–Kier alpha value is -1.09. The van der Waals surface area contributed by atoms with Crippen molar-refractivity contribution < 1.29 is 13.2 Å². The van der Waals surface area contributed by atoms with Crippen molar-refractivity contribution in [3.05, 3.63) is 47.1 Å². The molecule has 1 aromatic heterocycles. The highest BCUT2D eigenvalue weighted by Crippen LogP contribution is 2.27. The molecule has 0 saturated heterocycles. The SMILES string of the molecule is COc1ccc(S(=O)(=O)NCCSc2ccccn2)cc1Br. The number of hydrogen-bond donors (Lipinski definition) is 1. The maximum absolute atomic E-state index is 12.2. The molecule has 2 rings (SSSR count). The Morgan fingerprint density at radius 3 is 2.77 bits per heavy atom. The summed E-state index contributed by atoms with van der Waals surface area (Å²) in [6.07, 6.45) is 1.71. The summed E-state index contributed by atoms with van der Waals surface area (Å²) in [5.74, 6) is 1.19. The van der Waals surface area contributed by atoms with Crippen LogP contribution in [0, 0.1) is 0 Å². The molecule has 0 aliphatic carbocycles. The highest BCUT2D eigenvalue weighted by molar-refractivity contribution is 9.10. The molecule has 0 fully saturated rings. The van der Waals surface area contributed by atoms with E-state index < -0.39 is 10.0 Å². The zero-order valence-electron chi connectivity index (χ0n) is 11.8. The van der Waals surface area contributed by atoms with Gasteiger partial charge in [0.1, 0.15) is 5.75 Å². The van der Waals surface area contributed by atoms with Crippen LogP contribution in [0.25, 0.3) is 0 Å². The molecule has 1 N–H and O–H groups in total. The fourth-order valence-electron chi connectivity index (χ4n) is 1.66. The minimum atomic E-state index is -3.53. The van der Waals surface area contributed by atoms with Crippen LogP contribution in [0.5, 0.6) is 5.75 Å². The number of aromatic nitrogens is 1. The van der Waals surface area contributed by atoms with Crippen LogP contribution in [0.4, 0.5) is 0 Å². The Bertz CT molecular complexity index is 724. The molecule has 8 heteroatoms. The van der Waals surface area contributed by atoms with Gasteiger partial charge in [-0.1, -0.05) is 6.07 Å². The molecule has 0 aliphatic heterocycles. The average molecular weight is 403 g/mol. The van der Waals surface area contributed by atoms with Crippen LogP contribution in [0.1, 0.15) is 0 Å². The lowest BCUT2D eigenvalue weighted by molar-refractivity contribution is 0.411. The van der Waals surface area contributed by atoms with Crippen molar-refractivity contribution in [3.8, 4) is 5.75 Å². The van der Waals surface area contributed by atoms with Gasteiger partial charge in [-0.05, 0) is 46.3 Å². The molecule has 1 aromatic carbocycles. The predicted molar refractivity (Wildman–Crippen MR) is 90.8 cm³/mol. The van der Waals surface area contributed by atoms with Crippen molar-refractivity contribution in [1.29, 1.82) is 0 Å². The van der Waals surface area contributed by atoms with Crippen LogP contribution in [-0.4, -0.2) is 32.8 Å². The number of pyridine rings is 1. The van der Waals surface area contributed by atoms with Crippen LogP contribution < -0.4 is 9.46 Å². The number of sulfonamides is 1. The second-order valence-corrected chi connectivity index (χ2v) is 7.95. The molecule has 0 aliphatic rings. The zero-order chi connectivity index (χ0) is 16.0. The van der Waals surface area contributed by atoms with Gasteiger partial charge in [0.05, 0.1) is 21.5 Å². The summed E-state index contributed by atoms with van der Waals surface area (Å²) in [4.78, 5) is 4.36. The van der Waals surface area contributed by atoms with E-state index in [1.165, 1.54) is 31.0 Å². The largest absolute Gasteiger partial charge is 0.496 e. The van der Waals surface area contributed by atoms with E-state index in [-0.39, 0.29) is 4.90 Å². The predicted octanol–water partition coefficient (Wildman–Crippen LogP) is 2.92. The summed E-state index contributed by atoms with van der Waals surface area (Å²) in [6, 6.07) is 10.3. The molecular weight excluding hydrogens is 388 g/mol. The molecule has 0 unspecified atom stereocenters. The number of rotatable bonds is 7. The minimum absolute atomic E-state index is 0.197. The van der Waals surface area contributed by atoms with E-state index in [4.69, 9.17) is 4.74 Å². The number of methoxy groups -OCH3 is 1. The quantitative estimate of drug-likeness (QED) is 0.569. The molecular formula is C14H15BrN2O3S2. The number of hydrogen-bond acceptors (Lipinski definition) is 5. The molecule has 0 saturated carbocycles. The summed E-state index contributed by atoms with van der Waals surface area (Å²) in [5, 5.41) is 0.869. The first-order valence-electron chi connectivity index (χ1n) is 6.40. The molecule has 0 amide bonds. The standard InChI is InChI=1S/C14H15BrN2O3S2/c1-20-13-6-5-11(10-12(13)15)22(18,19)17-8-9-21-14-4-2-3-7-16-14/h2-7,10,17H,8-9H2,1H3. The molecule has 118 valence electrons. The number of nitrogens with one attached hydrogen (secondary N) is 1. The third kappa shape index (κ3) is 4.70. The van der Waals surface area contributed by atoms with Gasteiger partial charge in [-0.25, -0.2) is 18.1 Å². The van der Waals surface area contributed by atoms with Crippen molar-refractivity contribution in [2.45, 2.75) is 9.92 Å². The second-order valence-electron chi connectivity index (χ2n) is 4.21. The third-order valence-corrected chi connectivity index (χ3v) is 5.74. The van der Waals surface area contributed by atoms with Gasteiger partial charge in [0, 0.05) is 18.5 Å². The van der Waals surface area contributed by atoms with Gasteiger partial charge in [-0.3, -0.25) is 0 Å². The normalized spacial score (nSPS) is 11.4. The van der Waals surface area contributed by atoms with Crippen LogP contribution in [0.2, 0.25) is 0 Å². The summed E-state index contributed by atoms with van der Waals surface area (Å²) in [5.41, 5.74) is 0. The van der Waals surface area contributed by atoms with Crippen LogP contribution in [0.15, 0.2) is 57.0 Å². The summed E-state index contributed by atoms with van der Waals surface area (Å²) in [7, 11) is -2.00. The number of thioether (sulfide) groups is 1. The lowest BCUT2D eigenvalue weighted by Gasteiger charge is -2.09. The Morgan fingerprint density at radius 2 is 2.14 bits per heavy atom. The number of ether oxygens (including phenoxy) is 1. The van der Waals surface area contributed by atoms with Gasteiger partial charge in [0.15, 0.2) is 0 Å². The molecule has 2 aromatic rings. The van der Waals surface area contributed by atoms with E-state index in [1.807, 2.05) is 18.2 Å². The molecule has 5 nitrogen and oxygen atoms in total. The van der Waals surface area contributed by atoms with Crippen molar-refractivity contribution in [2.75, 3.05) is 19.4 Å². The number of nitrogens with zero attached hydrogens (tertiary/aromatic N) is 1. The topological polar surface area (TPSA) is 68.3 Å². The van der Waals surface area contributed by atoms with Gasteiger partial charge < -0.3 is 4.74 Å². The van der Waals surface area contributed by atoms with Gasteiger partial charge in [0.25, 0.3) is 0 Å². The van der Waals surface area contributed by atoms with E-state index in [2.05, 4.69) is 25.6 Å². The van der Waals surface area contributed by atoms with Gasteiger partial charge in [0.2, 0.25) is 10.0 Å².